The third-order valence-electron chi connectivity index (χ3n) is 6.31. The van der Waals surface area contributed by atoms with Gasteiger partial charge in [0, 0.05) is 54.4 Å². The first kappa shape index (κ1) is 28.5. The van der Waals surface area contributed by atoms with Gasteiger partial charge in [-0.3, -0.25) is 9.69 Å². The molecule has 0 radical (unpaired) electrons. The molecule has 0 amide bonds. The number of nitrogens with zero attached hydrogens (tertiary/aromatic N) is 3. The highest BCUT2D eigenvalue weighted by Gasteiger charge is 2.25. The van der Waals surface area contributed by atoms with Crippen LogP contribution in [0.5, 0.6) is 11.5 Å². The number of hydrogen-bond donors (Lipinski definition) is 3. The first-order valence-corrected chi connectivity index (χ1v) is 11.0. The maximum atomic E-state index is 12.5. The Morgan fingerprint density at radius 3 is 2.51 bits per heavy atom. The molecule has 1 aliphatic rings. The molecule has 3 N–H and O–H groups in total. The van der Waals surface area contributed by atoms with Crippen LogP contribution in [0.2, 0.25) is 0 Å². The van der Waals surface area contributed by atoms with Gasteiger partial charge in [0.15, 0.2) is 5.75 Å². The van der Waals surface area contributed by atoms with Crippen molar-refractivity contribution in [2.75, 3.05) is 34.2 Å². The molecule has 4 rings (SSSR count). The molecular weight excluding hydrogens is 495 g/mol. The Kier molecular flexibility index (Phi) is 9.24. The summed E-state index contributed by atoms with van der Waals surface area (Å²) in [6.45, 7) is 2.75. The van der Waals surface area contributed by atoms with Crippen LogP contribution in [-0.2, 0) is 26.4 Å². The zero-order valence-corrected chi connectivity index (χ0v) is 21.9. The summed E-state index contributed by atoms with van der Waals surface area (Å²) in [7, 11) is 8.30. The number of hydrogen-bond acceptors (Lipinski definition) is 6. The number of fused-ring (bicyclic) bond motifs is 4. The molecule has 0 aliphatic heterocycles. The van der Waals surface area contributed by atoms with Gasteiger partial charge in [0.05, 0.1) is 5.69 Å². The highest BCUT2D eigenvalue weighted by Crippen LogP contribution is 2.40. The summed E-state index contributed by atoms with van der Waals surface area (Å²) in [5, 5.41) is 20.6. The van der Waals surface area contributed by atoms with E-state index in [9.17, 15) is 14.7 Å². The number of ether oxygens (including phenoxy) is 1. The van der Waals surface area contributed by atoms with Crippen molar-refractivity contribution in [1.82, 2.24) is 19.4 Å². The minimum atomic E-state index is -1.64. The van der Waals surface area contributed by atoms with E-state index in [2.05, 4.69) is 64.4 Å². The monoisotopic (exact) mass is 526 g/mol. The van der Waals surface area contributed by atoms with Crippen molar-refractivity contribution in [3.8, 4) is 22.8 Å². The Morgan fingerprint density at radius 1 is 1.14 bits per heavy atom. The first-order valence-electron chi connectivity index (χ1n) is 11.0. The molecule has 2 heterocycles. The predicted octanol–water partition coefficient (Wildman–Crippen LogP) is 3.62. The Labute approximate surface area is 216 Å². The van der Waals surface area contributed by atoms with E-state index < -0.39 is 23.2 Å². The number of aromatic amines is 1. The molecule has 2 aromatic heterocycles. The minimum Gasteiger partial charge on any atom is -0.504 e. The molecule has 9 nitrogen and oxygen atoms in total. The van der Waals surface area contributed by atoms with Crippen molar-refractivity contribution >= 4 is 41.9 Å². The largest absolute Gasteiger partial charge is 0.511 e. The molecule has 0 bridgehead atoms. The van der Waals surface area contributed by atoms with Crippen LogP contribution >= 0.6 is 24.8 Å². The maximum Gasteiger partial charge on any atom is 0.511 e. The van der Waals surface area contributed by atoms with Gasteiger partial charge in [-0.1, -0.05) is 0 Å². The summed E-state index contributed by atoms with van der Waals surface area (Å²) in [6.07, 6.45) is 0.391. The SMILES string of the molecule is CN(C)CCN(C)Cc1cc2cc3c(cc2n1C)CCCc1c-3[nH]c(=O)c(OC(=O)O)c1O.Cl.Cl. The Morgan fingerprint density at radius 2 is 1.86 bits per heavy atom. The molecular formula is C24H32Cl2N4O5. The van der Waals surface area contributed by atoms with E-state index in [-0.39, 0.29) is 24.8 Å². The van der Waals surface area contributed by atoms with Crippen molar-refractivity contribution < 1.29 is 19.7 Å². The van der Waals surface area contributed by atoms with E-state index in [1.807, 2.05) is 6.07 Å². The molecule has 0 unspecified atom stereocenters. The predicted molar refractivity (Wildman–Crippen MR) is 141 cm³/mol. The number of likely N-dealkylation sites (N-methyl/N-ethyl adjacent to an activating group) is 2. The molecule has 0 saturated carbocycles. The topological polar surface area (TPSA) is 111 Å². The third-order valence-corrected chi connectivity index (χ3v) is 6.31. The van der Waals surface area contributed by atoms with Gasteiger partial charge >= 0.3 is 6.16 Å². The van der Waals surface area contributed by atoms with Crippen LogP contribution in [-0.4, -0.2) is 70.0 Å². The summed E-state index contributed by atoms with van der Waals surface area (Å²) in [4.78, 5) is 30.7. The van der Waals surface area contributed by atoms with Crippen molar-refractivity contribution in [1.29, 1.82) is 0 Å². The number of nitrogens with one attached hydrogen (secondary N) is 1. The average molecular weight is 527 g/mol. The second kappa shape index (κ2) is 11.3. The van der Waals surface area contributed by atoms with Crippen molar-refractivity contribution in [2.45, 2.75) is 25.8 Å². The number of carboxylic acid groups (broad SMARTS) is 1. The Balaban J connectivity index is 0.00000216. The molecule has 0 fully saturated rings. The molecule has 35 heavy (non-hydrogen) atoms. The number of rotatable bonds is 6. The number of aromatic nitrogens is 2. The fourth-order valence-electron chi connectivity index (χ4n) is 4.52. The number of aromatic hydroxyl groups is 1. The van der Waals surface area contributed by atoms with Crippen molar-refractivity contribution in [3.63, 3.8) is 0 Å². The van der Waals surface area contributed by atoms with Crippen LogP contribution in [0.4, 0.5) is 4.79 Å². The minimum absolute atomic E-state index is 0. The molecule has 11 heteroatoms. The lowest BCUT2D eigenvalue weighted by Crippen LogP contribution is -2.28. The number of pyridine rings is 1. The van der Waals surface area contributed by atoms with E-state index in [0.29, 0.717) is 17.7 Å². The quantitative estimate of drug-likeness (QED) is 0.420. The summed E-state index contributed by atoms with van der Waals surface area (Å²) >= 11 is 0. The molecule has 1 aromatic carbocycles. The van der Waals surface area contributed by atoms with Crippen LogP contribution in [0.25, 0.3) is 22.2 Å². The summed E-state index contributed by atoms with van der Waals surface area (Å²) < 4.78 is 6.75. The molecule has 0 atom stereocenters. The van der Waals surface area contributed by atoms with Gasteiger partial charge in [0.2, 0.25) is 5.75 Å². The Bertz CT molecular complexity index is 1290. The second-order valence-electron chi connectivity index (χ2n) is 9.01. The second-order valence-corrected chi connectivity index (χ2v) is 9.01. The number of benzene rings is 1. The highest BCUT2D eigenvalue weighted by molar-refractivity contribution is 5.89. The molecule has 192 valence electrons. The fourth-order valence-corrected chi connectivity index (χ4v) is 4.52. The summed E-state index contributed by atoms with van der Waals surface area (Å²) in [5.74, 6) is -0.978. The van der Waals surface area contributed by atoms with Gasteiger partial charge in [0.25, 0.3) is 5.56 Å². The van der Waals surface area contributed by atoms with Crippen LogP contribution in [0.3, 0.4) is 0 Å². The van der Waals surface area contributed by atoms with Gasteiger partial charge in [-0.2, -0.15) is 0 Å². The van der Waals surface area contributed by atoms with Crippen molar-refractivity contribution in [3.05, 3.63) is 45.4 Å². The third kappa shape index (κ3) is 5.75. The van der Waals surface area contributed by atoms with E-state index in [0.717, 1.165) is 54.5 Å². The number of halogens is 2. The highest BCUT2D eigenvalue weighted by atomic mass is 35.5. The smallest absolute Gasteiger partial charge is 0.504 e. The van der Waals surface area contributed by atoms with Gasteiger partial charge in [-0.25, -0.2) is 4.79 Å². The molecule has 3 aromatic rings. The number of aryl methyl sites for hydroxylation is 2. The maximum absolute atomic E-state index is 12.5. The van der Waals surface area contributed by atoms with Crippen LogP contribution in [0, 0.1) is 0 Å². The zero-order chi connectivity index (χ0) is 23.9. The molecule has 0 saturated heterocycles. The van der Waals surface area contributed by atoms with E-state index in [4.69, 9.17) is 5.11 Å². The summed E-state index contributed by atoms with van der Waals surface area (Å²) in [6, 6.07) is 6.36. The van der Waals surface area contributed by atoms with Gasteiger partial charge < -0.3 is 29.4 Å². The van der Waals surface area contributed by atoms with E-state index in [1.165, 1.54) is 5.69 Å². The van der Waals surface area contributed by atoms with E-state index >= 15 is 0 Å². The van der Waals surface area contributed by atoms with Gasteiger partial charge in [-0.05, 0) is 64.2 Å². The number of H-pyrrole nitrogens is 1. The van der Waals surface area contributed by atoms with Crippen molar-refractivity contribution in [2.24, 2.45) is 7.05 Å². The van der Waals surface area contributed by atoms with Crippen LogP contribution in [0.1, 0.15) is 23.2 Å². The standard InChI is InChI=1S/C24H30N4O5.2ClH/c1-26(2)8-9-27(3)13-16-10-15-11-18-14(12-19(15)28(16)4)6-5-7-17-20(18)25-23(30)22(21(17)29)33-24(31)32;;/h10-12H,5-9,13H2,1-4H3,(H,31,32)(H2,25,29,30);2*1H. The van der Waals surface area contributed by atoms with E-state index in [1.54, 1.807) is 0 Å². The fraction of sp³-hybridized carbons (Fsp3) is 0.417. The van der Waals surface area contributed by atoms with Gasteiger partial charge in [0.1, 0.15) is 0 Å². The summed E-state index contributed by atoms with van der Waals surface area (Å²) in [5.41, 5.74) is 4.50. The average Bonchev–Trinajstić information content (AvgIpc) is 2.93. The lowest BCUT2D eigenvalue weighted by molar-refractivity contribution is 0.142. The zero-order valence-electron chi connectivity index (χ0n) is 20.3. The number of carbonyl (C=O) groups is 1. The first-order chi connectivity index (χ1) is 15.7. The Hall–Kier alpha value is -2.72. The van der Waals surface area contributed by atoms with Crippen LogP contribution in [0.15, 0.2) is 23.0 Å². The molecule has 0 spiro atoms. The lowest BCUT2D eigenvalue weighted by atomic mass is 9.99. The van der Waals surface area contributed by atoms with Gasteiger partial charge in [-0.15, -0.1) is 24.8 Å². The molecule has 1 aliphatic carbocycles. The van der Waals surface area contributed by atoms with Crippen LogP contribution < -0.4 is 10.3 Å². The normalized spacial score (nSPS) is 12.5. The lowest BCUT2D eigenvalue weighted by Gasteiger charge is -2.19.